The molecule has 0 saturated carbocycles. The van der Waals surface area contributed by atoms with E-state index in [0.29, 0.717) is 0 Å². The van der Waals surface area contributed by atoms with E-state index in [-0.39, 0.29) is 12.5 Å². The minimum Gasteiger partial charge on any atom is -0.345 e. The summed E-state index contributed by atoms with van der Waals surface area (Å²) in [6, 6.07) is 1.63. The molecule has 46 valence electrons. The number of hydrogen-bond acceptors (Lipinski definition) is 2. The highest BCUT2D eigenvalue weighted by Crippen LogP contribution is 1.57. The Morgan fingerprint density at radius 3 is 2.89 bits per heavy atom. The third-order valence-electron chi connectivity index (χ3n) is 0.570. The fourth-order valence-electron chi connectivity index (χ4n) is 0.252. The van der Waals surface area contributed by atoms with E-state index in [2.05, 4.69) is 17.2 Å². The van der Waals surface area contributed by atoms with E-state index >= 15 is 0 Å². The molecule has 0 aromatic heterocycles. The standard InChI is InChI=1S/C6H6N2O/c1-6(9)8-5-3-2-4-7/h5H2,1H3,(H,8,9). The van der Waals surface area contributed by atoms with Gasteiger partial charge in [-0.1, -0.05) is 5.92 Å². The van der Waals surface area contributed by atoms with Gasteiger partial charge in [0.2, 0.25) is 5.91 Å². The normalized spacial score (nSPS) is 6.22. The molecule has 0 heterocycles. The van der Waals surface area contributed by atoms with E-state index in [0.717, 1.165) is 0 Å². The maximum absolute atomic E-state index is 10.1. The molecule has 0 aliphatic heterocycles. The summed E-state index contributed by atoms with van der Waals surface area (Å²) in [5.74, 6) is 4.43. The quantitative estimate of drug-likeness (QED) is 0.483. The average molecular weight is 122 g/mol. The summed E-state index contributed by atoms with van der Waals surface area (Å²) >= 11 is 0. The Kier molecular flexibility index (Phi) is 3.90. The van der Waals surface area contributed by atoms with Crippen molar-refractivity contribution in [3.63, 3.8) is 0 Å². The second-order valence-electron chi connectivity index (χ2n) is 1.32. The highest BCUT2D eigenvalue weighted by atomic mass is 16.1. The van der Waals surface area contributed by atoms with Crippen LogP contribution >= 0.6 is 0 Å². The first-order valence-electron chi connectivity index (χ1n) is 2.38. The van der Waals surface area contributed by atoms with Crippen LogP contribution in [-0.4, -0.2) is 12.5 Å². The lowest BCUT2D eigenvalue weighted by atomic mass is 10.5. The predicted molar refractivity (Wildman–Crippen MR) is 32.1 cm³/mol. The number of nitrogens with zero attached hydrogens (tertiary/aromatic N) is 1. The smallest absolute Gasteiger partial charge is 0.217 e. The number of carbonyl (C=O) groups is 1. The molecule has 9 heavy (non-hydrogen) atoms. The van der Waals surface area contributed by atoms with Gasteiger partial charge < -0.3 is 5.32 Å². The highest BCUT2D eigenvalue weighted by molar-refractivity contribution is 5.73. The molecule has 0 aliphatic carbocycles. The molecule has 0 atom stereocenters. The van der Waals surface area contributed by atoms with Gasteiger partial charge in [0.25, 0.3) is 0 Å². The van der Waals surface area contributed by atoms with Crippen LogP contribution < -0.4 is 5.32 Å². The monoisotopic (exact) mass is 122 g/mol. The molecule has 3 nitrogen and oxygen atoms in total. The van der Waals surface area contributed by atoms with Gasteiger partial charge in [-0.3, -0.25) is 4.79 Å². The van der Waals surface area contributed by atoms with Gasteiger partial charge in [0.15, 0.2) is 6.07 Å². The van der Waals surface area contributed by atoms with Crippen LogP contribution in [0.3, 0.4) is 0 Å². The van der Waals surface area contributed by atoms with Gasteiger partial charge in [-0.05, 0) is 0 Å². The lowest BCUT2D eigenvalue weighted by molar-refractivity contribution is -0.118. The fourth-order valence-corrected chi connectivity index (χ4v) is 0.252. The summed E-state index contributed by atoms with van der Waals surface area (Å²) in [7, 11) is 0. The van der Waals surface area contributed by atoms with Crippen LogP contribution in [0.2, 0.25) is 0 Å². The summed E-state index contributed by atoms with van der Waals surface area (Å²) in [5.41, 5.74) is 0. The van der Waals surface area contributed by atoms with Crippen LogP contribution in [0.4, 0.5) is 0 Å². The third kappa shape index (κ3) is 6.52. The van der Waals surface area contributed by atoms with Crippen LogP contribution in [0.15, 0.2) is 0 Å². The molecule has 0 aliphatic rings. The number of nitrogens with one attached hydrogen (secondary N) is 1. The number of rotatable bonds is 1. The Balaban J connectivity index is 3.33. The Morgan fingerprint density at radius 2 is 2.44 bits per heavy atom. The molecule has 0 unspecified atom stereocenters. The maximum Gasteiger partial charge on any atom is 0.217 e. The molecule has 0 aromatic carbocycles. The molecule has 0 rings (SSSR count). The summed E-state index contributed by atoms with van der Waals surface area (Å²) in [6.45, 7) is 1.65. The average Bonchev–Trinajstić information content (AvgIpc) is 1.80. The van der Waals surface area contributed by atoms with E-state index in [1.807, 2.05) is 0 Å². The van der Waals surface area contributed by atoms with Crippen LogP contribution in [-0.2, 0) is 4.79 Å². The number of nitriles is 1. The summed E-state index contributed by atoms with van der Waals surface area (Å²) in [5, 5.41) is 10.3. The molecule has 1 N–H and O–H groups in total. The minimum absolute atomic E-state index is 0.137. The molecule has 0 fully saturated rings. The minimum atomic E-state index is -0.137. The van der Waals surface area contributed by atoms with Crippen molar-refractivity contribution in [2.24, 2.45) is 0 Å². The third-order valence-corrected chi connectivity index (χ3v) is 0.570. The zero-order valence-electron chi connectivity index (χ0n) is 5.06. The zero-order valence-corrected chi connectivity index (χ0v) is 5.06. The number of carbonyl (C=O) groups excluding carboxylic acids is 1. The van der Waals surface area contributed by atoms with E-state index < -0.39 is 0 Å². The first-order chi connectivity index (χ1) is 4.27. The number of hydrogen-bond donors (Lipinski definition) is 1. The van der Waals surface area contributed by atoms with Gasteiger partial charge in [-0.2, -0.15) is 5.26 Å². The van der Waals surface area contributed by atoms with Crippen LogP contribution in [0.5, 0.6) is 0 Å². The molecule has 0 spiro atoms. The van der Waals surface area contributed by atoms with Gasteiger partial charge in [0, 0.05) is 12.8 Å². The Bertz CT molecular complexity index is 191. The zero-order chi connectivity index (χ0) is 7.11. The highest BCUT2D eigenvalue weighted by Gasteiger charge is 1.82. The summed E-state index contributed by atoms with van der Waals surface area (Å²) < 4.78 is 0. The van der Waals surface area contributed by atoms with Gasteiger partial charge in [0.1, 0.15) is 0 Å². The van der Waals surface area contributed by atoms with Crippen LogP contribution in [0, 0.1) is 23.2 Å². The van der Waals surface area contributed by atoms with Gasteiger partial charge >= 0.3 is 0 Å². The molecule has 0 bridgehead atoms. The Morgan fingerprint density at radius 1 is 1.78 bits per heavy atom. The lowest BCUT2D eigenvalue weighted by Crippen LogP contribution is -2.19. The van der Waals surface area contributed by atoms with E-state index in [1.165, 1.54) is 6.92 Å². The maximum atomic E-state index is 10.1. The van der Waals surface area contributed by atoms with Gasteiger partial charge in [-0.25, -0.2) is 0 Å². The molecule has 1 amide bonds. The van der Waals surface area contributed by atoms with Crippen molar-refractivity contribution in [3.05, 3.63) is 0 Å². The topological polar surface area (TPSA) is 52.9 Å². The van der Waals surface area contributed by atoms with Gasteiger partial charge in [0.05, 0.1) is 6.54 Å². The van der Waals surface area contributed by atoms with E-state index in [1.54, 1.807) is 6.07 Å². The van der Waals surface area contributed by atoms with E-state index in [9.17, 15) is 4.79 Å². The van der Waals surface area contributed by atoms with Crippen LogP contribution in [0.25, 0.3) is 0 Å². The van der Waals surface area contributed by atoms with E-state index in [4.69, 9.17) is 5.26 Å². The first kappa shape index (κ1) is 7.52. The first-order valence-corrected chi connectivity index (χ1v) is 2.38. The largest absolute Gasteiger partial charge is 0.345 e. The molecule has 0 radical (unpaired) electrons. The van der Waals surface area contributed by atoms with Crippen molar-refractivity contribution >= 4 is 5.91 Å². The molecular weight excluding hydrogens is 116 g/mol. The van der Waals surface area contributed by atoms with Crippen molar-refractivity contribution in [1.82, 2.24) is 5.32 Å². The fraction of sp³-hybridized carbons (Fsp3) is 0.333. The molecule has 0 aromatic rings. The van der Waals surface area contributed by atoms with Gasteiger partial charge in [-0.15, -0.1) is 0 Å². The SMILES string of the molecule is CC(=O)NCC#CC#N. The predicted octanol–water partition coefficient (Wildman–Crippen LogP) is -0.351. The second-order valence-corrected chi connectivity index (χ2v) is 1.32. The molecule has 3 heteroatoms. The van der Waals surface area contributed by atoms with Crippen LogP contribution in [0.1, 0.15) is 6.92 Å². The van der Waals surface area contributed by atoms with Crippen molar-refractivity contribution in [2.75, 3.05) is 6.54 Å². The molecular formula is C6H6N2O. The van der Waals surface area contributed by atoms with Crippen molar-refractivity contribution < 1.29 is 4.79 Å². The Labute approximate surface area is 53.7 Å². The van der Waals surface area contributed by atoms with Crippen molar-refractivity contribution in [1.29, 1.82) is 5.26 Å². The summed E-state index contributed by atoms with van der Waals surface area (Å²) in [4.78, 5) is 10.1. The Hall–Kier alpha value is -1.48. The molecule has 0 saturated heterocycles. The van der Waals surface area contributed by atoms with Crippen molar-refractivity contribution in [2.45, 2.75) is 6.92 Å². The summed E-state index contributed by atoms with van der Waals surface area (Å²) in [6.07, 6.45) is 0. The number of amides is 1. The van der Waals surface area contributed by atoms with Crippen molar-refractivity contribution in [3.8, 4) is 17.9 Å². The lowest BCUT2D eigenvalue weighted by Gasteiger charge is -1.88. The second kappa shape index (κ2) is 4.67.